The predicted molar refractivity (Wildman–Crippen MR) is 61.3 cm³/mol. The smallest absolute Gasteiger partial charge is 0.146 e. The van der Waals surface area contributed by atoms with E-state index in [0.717, 1.165) is 35.5 Å². The van der Waals surface area contributed by atoms with Gasteiger partial charge >= 0.3 is 0 Å². The van der Waals surface area contributed by atoms with Crippen LogP contribution in [0.4, 0.5) is 0 Å². The number of ether oxygens (including phenoxy) is 1. The number of hydrogen-bond donors (Lipinski definition) is 0. The molecule has 0 spiro atoms. The summed E-state index contributed by atoms with van der Waals surface area (Å²) in [6, 6.07) is 0. The molecule has 6 atom stereocenters. The van der Waals surface area contributed by atoms with Crippen LogP contribution in [-0.4, -0.2) is 0 Å². The molecule has 2 fully saturated rings. The van der Waals surface area contributed by atoms with E-state index >= 15 is 0 Å². The molecule has 84 valence electrons. The minimum Gasteiger partial charge on any atom is -0.459 e. The Labute approximate surface area is 96.6 Å². The summed E-state index contributed by atoms with van der Waals surface area (Å²) in [6.45, 7) is 0. The van der Waals surface area contributed by atoms with Crippen LogP contribution in [0.1, 0.15) is 32.1 Å². The molecule has 0 saturated heterocycles. The zero-order valence-electron chi connectivity index (χ0n) is 9.56. The lowest BCUT2D eigenvalue weighted by molar-refractivity contribution is 0.128. The Balaban J connectivity index is 1.58. The summed E-state index contributed by atoms with van der Waals surface area (Å²) in [4.78, 5) is 0. The summed E-state index contributed by atoms with van der Waals surface area (Å²) in [5.41, 5.74) is 0. The van der Waals surface area contributed by atoms with Gasteiger partial charge in [0.05, 0.1) is 0 Å². The SMILES string of the molecule is C1=CC2CC3=C(O3)C3C4CC4CCC3C2C1. The van der Waals surface area contributed by atoms with Crippen molar-refractivity contribution < 1.29 is 4.74 Å². The maximum Gasteiger partial charge on any atom is 0.146 e. The number of fused-ring (bicyclic) bond motifs is 6. The lowest BCUT2D eigenvalue weighted by Crippen LogP contribution is -2.30. The van der Waals surface area contributed by atoms with Gasteiger partial charge in [-0.05, 0) is 55.3 Å². The van der Waals surface area contributed by atoms with E-state index < -0.39 is 0 Å². The normalized spacial score (nSPS) is 55.5. The van der Waals surface area contributed by atoms with Gasteiger partial charge in [-0.2, -0.15) is 0 Å². The van der Waals surface area contributed by atoms with Crippen molar-refractivity contribution >= 4 is 0 Å². The van der Waals surface area contributed by atoms with E-state index in [-0.39, 0.29) is 0 Å². The van der Waals surface area contributed by atoms with Crippen LogP contribution in [0.3, 0.4) is 0 Å². The van der Waals surface area contributed by atoms with Crippen molar-refractivity contribution in [2.45, 2.75) is 32.1 Å². The van der Waals surface area contributed by atoms with E-state index in [1.807, 2.05) is 0 Å². The molecule has 1 heteroatoms. The van der Waals surface area contributed by atoms with Crippen LogP contribution in [0.15, 0.2) is 23.7 Å². The molecule has 4 aliphatic carbocycles. The molecule has 5 aliphatic rings. The van der Waals surface area contributed by atoms with Crippen molar-refractivity contribution in [1.82, 2.24) is 0 Å². The molecule has 5 rings (SSSR count). The highest BCUT2D eigenvalue weighted by Gasteiger charge is 2.58. The fourth-order valence-corrected chi connectivity index (χ4v) is 4.97. The van der Waals surface area contributed by atoms with Gasteiger partial charge in [-0.3, -0.25) is 0 Å². The molecule has 0 N–H and O–H groups in total. The summed E-state index contributed by atoms with van der Waals surface area (Å²) >= 11 is 0. The van der Waals surface area contributed by atoms with Crippen LogP contribution in [0, 0.1) is 35.5 Å². The molecule has 0 radical (unpaired) electrons. The summed E-state index contributed by atoms with van der Waals surface area (Å²) in [7, 11) is 0. The van der Waals surface area contributed by atoms with E-state index in [4.69, 9.17) is 4.74 Å². The summed E-state index contributed by atoms with van der Waals surface area (Å²) in [5, 5.41) is 0. The molecule has 6 unspecified atom stereocenters. The standard InChI is InChI=1S/C15H18O/c1-2-8-7-13-15(16-13)14-11(10(8)3-1)5-4-9-6-12(9)14/h1-2,8-12,14H,3-7H2. The second-order valence-electron chi connectivity index (χ2n) is 6.51. The lowest BCUT2D eigenvalue weighted by Gasteiger charge is -2.35. The van der Waals surface area contributed by atoms with Crippen molar-refractivity contribution in [3.63, 3.8) is 0 Å². The average Bonchev–Trinajstić information content (AvgIpc) is 3.15. The van der Waals surface area contributed by atoms with Gasteiger partial charge in [0.2, 0.25) is 0 Å². The lowest BCUT2D eigenvalue weighted by atomic mass is 9.69. The second-order valence-corrected chi connectivity index (χ2v) is 6.51. The van der Waals surface area contributed by atoms with Gasteiger partial charge in [0, 0.05) is 12.3 Å². The molecule has 0 amide bonds. The van der Waals surface area contributed by atoms with Crippen LogP contribution in [0.5, 0.6) is 0 Å². The van der Waals surface area contributed by atoms with E-state index in [2.05, 4.69) is 12.2 Å². The van der Waals surface area contributed by atoms with Gasteiger partial charge in [0.1, 0.15) is 11.5 Å². The first kappa shape index (κ1) is 8.38. The first-order chi connectivity index (χ1) is 7.92. The Morgan fingerprint density at radius 3 is 3.12 bits per heavy atom. The maximum atomic E-state index is 5.83. The fraction of sp³-hybridized carbons (Fsp3) is 0.733. The molecule has 0 aromatic rings. The topological polar surface area (TPSA) is 12.5 Å². The summed E-state index contributed by atoms with van der Waals surface area (Å²) < 4.78 is 5.83. The van der Waals surface area contributed by atoms with E-state index in [9.17, 15) is 0 Å². The Bertz CT molecular complexity index is 419. The van der Waals surface area contributed by atoms with Gasteiger partial charge in [-0.25, -0.2) is 0 Å². The van der Waals surface area contributed by atoms with Crippen molar-refractivity contribution in [3.05, 3.63) is 23.7 Å². The van der Waals surface area contributed by atoms with E-state index in [0.29, 0.717) is 0 Å². The van der Waals surface area contributed by atoms with Gasteiger partial charge in [0.25, 0.3) is 0 Å². The van der Waals surface area contributed by atoms with Crippen molar-refractivity contribution in [2.75, 3.05) is 0 Å². The quantitative estimate of drug-likeness (QED) is 0.562. The third-order valence-corrected chi connectivity index (χ3v) is 5.85. The van der Waals surface area contributed by atoms with Gasteiger partial charge in [-0.1, -0.05) is 12.2 Å². The number of hydrogen-bond acceptors (Lipinski definition) is 1. The van der Waals surface area contributed by atoms with Gasteiger partial charge in [-0.15, -0.1) is 0 Å². The van der Waals surface area contributed by atoms with Crippen LogP contribution >= 0.6 is 0 Å². The molecular formula is C15H18O. The third-order valence-electron chi connectivity index (χ3n) is 5.85. The van der Waals surface area contributed by atoms with Gasteiger partial charge < -0.3 is 4.74 Å². The van der Waals surface area contributed by atoms with Crippen molar-refractivity contribution in [2.24, 2.45) is 35.5 Å². The molecule has 1 aliphatic heterocycles. The zero-order valence-corrected chi connectivity index (χ0v) is 9.56. The predicted octanol–water partition coefficient (Wildman–Crippen LogP) is 3.49. The highest BCUT2D eigenvalue weighted by atomic mass is 16.6. The Hall–Kier alpha value is -0.720. The van der Waals surface area contributed by atoms with E-state index in [1.165, 1.54) is 43.6 Å². The highest BCUT2D eigenvalue weighted by molar-refractivity contribution is 5.30. The maximum absolute atomic E-state index is 5.83. The largest absolute Gasteiger partial charge is 0.459 e. The van der Waals surface area contributed by atoms with Crippen molar-refractivity contribution in [3.8, 4) is 0 Å². The first-order valence-electron chi connectivity index (χ1n) is 6.99. The van der Waals surface area contributed by atoms with Gasteiger partial charge in [0.15, 0.2) is 0 Å². The minimum absolute atomic E-state index is 0.817. The number of rotatable bonds is 0. The molecule has 1 nitrogen and oxygen atoms in total. The molecule has 0 bridgehead atoms. The molecule has 2 saturated carbocycles. The van der Waals surface area contributed by atoms with Crippen LogP contribution < -0.4 is 0 Å². The highest BCUT2D eigenvalue weighted by Crippen LogP contribution is 2.65. The number of allylic oxidation sites excluding steroid dienone is 4. The zero-order chi connectivity index (χ0) is 10.3. The molecule has 16 heavy (non-hydrogen) atoms. The Kier molecular flexibility index (Phi) is 1.35. The minimum atomic E-state index is 0.817. The second kappa shape index (κ2) is 2.57. The third kappa shape index (κ3) is 0.935. The molecule has 0 aromatic carbocycles. The Morgan fingerprint density at radius 2 is 2.12 bits per heavy atom. The molecular weight excluding hydrogens is 196 g/mol. The molecule has 1 heterocycles. The monoisotopic (exact) mass is 214 g/mol. The van der Waals surface area contributed by atoms with Crippen LogP contribution in [-0.2, 0) is 4.74 Å². The van der Waals surface area contributed by atoms with Crippen molar-refractivity contribution in [1.29, 1.82) is 0 Å². The molecule has 0 aromatic heterocycles. The van der Waals surface area contributed by atoms with Crippen LogP contribution in [0.25, 0.3) is 0 Å². The summed E-state index contributed by atoms with van der Waals surface area (Å²) in [6.07, 6.45) is 12.0. The average molecular weight is 214 g/mol. The first-order valence-corrected chi connectivity index (χ1v) is 6.99. The fourth-order valence-electron chi connectivity index (χ4n) is 4.97. The summed E-state index contributed by atoms with van der Waals surface area (Å²) in [5.74, 6) is 8.53. The Morgan fingerprint density at radius 1 is 1.12 bits per heavy atom. The van der Waals surface area contributed by atoms with E-state index in [1.54, 1.807) is 0 Å². The van der Waals surface area contributed by atoms with Crippen LogP contribution in [0.2, 0.25) is 0 Å².